The summed E-state index contributed by atoms with van der Waals surface area (Å²) >= 11 is 2.00. The highest BCUT2D eigenvalue weighted by Crippen LogP contribution is 2.40. The highest BCUT2D eigenvalue weighted by Gasteiger charge is 2.45. The minimum Gasteiger partial charge on any atom is -0.465 e. The predicted octanol–water partition coefficient (Wildman–Crippen LogP) is 2.07. The molecule has 0 saturated carbocycles. The molecule has 114 valence electrons. The first-order valence-electron chi connectivity index (χ1n) is 7.88. The van der Waals surface area contributed by atoms with E-state index in [1.54, 1.807) is 0 Å². The lowest BCUT2D eigenvalue weighted by atomic mass is 9.88. The molecule has 0 bridgehead atoms. The molecule has 0 aromatic carbocycles. The largest absolute Gasteiger partial charge is 0.465 e. The van der Waals surface area contributed by atoms with E-state index in [4.69, 9.17) is 9.47 Å². The van der Waals surface area contributed by atoms with Crippen molar-refractivity contribution in [2.24, 2.45) is 0 Å². The van der Waals surface area contributed by atoms with E-state index in [1.807, 2.05) is 18.7 Å². The Morgan fingerprint density at radius 2 is 2.40 bits per heavy atom. The first-order valence-corrected chi connectivity index (χ1v) is 9.04. The van der Waals surface area contributed by atoms with Crippen molar-refractivity contribution in [1.82, 2.24) is 4.90 Å². The van der Waals surface area contributed by atoms with Crippen LogP contribution in [0.4, 0.5) is 0 Å². The van der Waals surface area contributed by atoms with Gasteiger partial charge >= 0.3 is 5.97 Å². The van der Waals surface area contributed by atoms with Crippen LogP contribution in [-0.2, 0) is 14.3 Å². The van der Waals surface area contributed by atoms with E-state index in [-0.39, 0.29) is 17.6 Å². The number of hydrogen-bond acceptors (Lipinski definition) is 5. The Balaban J connectivity index is 1.66. The summed E-state index contributed by atoms with van der Waals surface area (Å²) < 4.78 is 11.3. The third-order valence-electron chi connectivity index (χ3n) is 4.86. The molecule has 1 spiro atoms. The zero-order valence-corrected chi connectivity index (χ0v) is 13.1. The molecule has 3 fully saturated rings. The summed E-state index contributed by atoms with van der Waals surface area (Å²) in [5.41, 5.74) is 0.0926. The fraction of sp³-hybridized carbons (Fsp3) is 0.933. The van der Waals surface area contributed by atoms with Crippen molar-refractivity contribution in [3.63, 3.8) is 0 Å². The molecule has 0 aromatic heterocycles. The molecule has 3 heterocycles. The van der Waals surface area contributed by atoms with Crippen LogP contribution in [0, 0.1) is 0 Å². The molecular weight excluding hydrogens is 274 g/mol. The quantitative estimate of drug-likeness (QED) is 0.746. The predicted molar refractivity (Wildman–Crippen MR) is 80.0 cm³/mol. The van der Waals surface area contributed by atoms with Gasteiger partial charge in [-0.2, -0.15) is 11.8 Å². The average molecular weight is 299 g/mol. The van der Waals surface area contributed by atoms with Gasteiger partial charge in [-0.05, 0) is 51.3 Å². The number of hydrogen-bond donors (Lipinski definition) is 0. The Morgan fingerprint density at radius 1 is 1.50 bits per heavy atom. The molecule has 3 saturated heterocycles. The van der Waals surface area contributed by atoms with Gasteiger partial charge in [0.25, 0.3) is 0 Å². The van der Waals surface area contributed by atoms with Gasteiger partial charge in [0.2, 0.25) is 0 Å². The van der Waals surface area contributed by atoms with Crippen LogP contribution in [0.15, 0.2) is 0 Å². The van der Waals surface area contributed by atoms with Gasteiger partial charge in [-0.25, -0.2) is 0 Å². The lowest BCUT2D eigenvalue weighted by Gasteiger charge is -2.42. The molecule has 3 unspecified atom stereocenters. The Kier molecular flexibility index (Phi) is 4.58. The minimum absolute atomic E-state index is 0.0100. The molecule has 3 rings (SSSR count). The van der Waals surface area contributed by atoms with E-state index in [0.29, 0.717) is 12.6 Å². The lowest BCUT2D eigenvalue weighted by molar-refractivity contribution is -0.152. The summed E-state index contributed by atoms with van der Waals surface area (Å²) in [6, 6.07) is 0.489. The number of esters is 1. The maximum atomic E-state index is 12.1. The van der Waals surface area contributed by atoms with E-state index >= 15 is 0 Å². The monoisotopic (exact) mass is 299 g/mol. The van der Waals surface area contributed by atoms with Crippen molar-refractivity contribution < 1.29 is 14.3 Å². The van der Waals surface area contributed by atoms with Crippen LogP contribution in [-0.4, -0.2) is 59.8 Å². The second-order valence-corrected chi connectivity index (χ2v) is 7.23. The van der Waals surface area contributed by atoms with Crippen LogP contribution in [0.5, 0.6) is 0 Å². The molecule has 4 nitrogen and oxygen atoms in total. The maximum absolute atomic E-state index is 12.1. The normalized spacial score (nSPS) is 38.5. The fourth-order valence-electron chi connectivity index (χ4n) is 3.87. The Bertz CT molecular complexity index is 357. The van der Waals surface area contributed by atoms with Gasteiger partial charge in [-0.15, -0.1) is 0 Å². The van der Waals surface area contributed by atoms with Gasteiger partial charge in [0.05, 0.1) is 12.2 Å². The molecule has 0 N–H and O–H groups in total. The summed E-state index contributed by atoms with van der Waals surface area (Å²) in [5, 5.41) is 0. The van der Waals surface area contributed by atoms with Gasteiger partial charge in [0.15, 0.2) is 0 Å². The molecule has 3 aliphatic rings. The van der Waals surface area contributed by atoms with E-state index < -0.39 is 0 Å². The number of rotatable bonds is 3. The third-order valence-corrected chi connectivity index (χ3v) is 6.08. The number of carbonyl (C=O) groups excluding carboxylic acids is 1. The summed E-state index contributed by atoms with van der Waals surface area (Å²) in [5.74, 6) is 2.32. The number of carbonyl (C=O) groups is 1. The molecule has 3 aliphatic heterocycles. The molecule has 0 amide bonds. The van der Waals surface area contributed by atoms with Gasteiger partial charge < -0.3 is 9.47 Å². The number of likely N-dealkylation sites (tertiary alicyclic amines) is 1. The van der Waals surface area contributed by atoms with Crippen molar-refractivity contribution in [1.29, 1.82) is 0 Å². The summed E-state index contributed by atoms with van der Waals surface area (Å²) in [7, 11) is 0. The second kappa shape index (κ2) is 6.24. The first-order chi connectivity index (χ1) is 9.74. The number of ether oxygens (including phenoxy) is 2. The summed E-state index contributed by atoms with van der Waals surface area (Å²) in [4.78, 5) is 14.5. The molecule has 20 heavy (non-hydrogen) atoms. The lowest BCUT2D eigenvalue weighted by Crippen LogP contribution is -2.52. The van der Waals surface area contributed by atoms with Crippen molar-refractivity contribution in [3.8, 4) is 0 Å². The standard InChI is InChI=1S/C15H25NO3S/c1-2-18-14(17)13-4-3-7-16(13)12-5-8-19-15(10-12)6-9-20-11-15/h12-13H,2-11H2,1H3. The zero-order valence-electron chi connectivity index (χ0n) is 12.3. The Labute approximate surface area is 125 Å². The van der Waals surface area contributed by atoms with Gasteiger partial charge in [0.1, 0.15) is 6.04 Å². The highest BCUT2D eigenvalue weighted by atomic mass is 32.2. The van der Waals surface area contributed by atoms with E-state index in [2.05, 4.69) is 4.90 Å². The summed E-state index contributed by atoms with van der Waals surface area (Å²) in [6.07, 6.45) is 5.39. The molecule has 3 atom stereocenters. The topological polar surface area (TPSA) is 38.8 Å². The van der Waals surface area contributed by atoms with Gasteiger partial charge in [-0.3, -0.25) is 9.69 Å². The first kappa shape index (κ1) is 14.7. The average Bonchev–Trinajstić information content (AvgIpc) is 3.09. The van der Waals surface area contributed by atoms with Crippen LogP contribution in [0.1, 0.15) is 39.0 Å². The number of nitrogens with zero attached hydrogens (tertiary/aromatic N) is 1. The second-order valence-electron chi connectivity index (χ2n) is 6.13. The molecule has 5 heteroatoms. The van der Waals surface area contributed by atoms with Crippen LogP contribution in [0.2, 0.25) is 0 Å². The van der Waals surface area contributed by atoms with Gasteiger partial charge in [0, 0.05) is 18.4 Å². The van der Waals surface area contributed by atoms with Crippen molar-refractivity contribution in [2.45, 2.75) is 56.7 Å². The van der Waals surface area contributed by atoms with Crippen LogP contribution < -0.4 is 0 Å². The SMILES string of the molecule is CCOC(=O)C1CCCN1C1CCOC2(CCSC2)C1. The molecular formula is C15H25NO3S. The Hall–Kier alpha value is -0.260. The van der Waals surface area contributed by atoms with Crippen LogP contribution in [0.25, 0.3) is 0 Å². The third kappa shape index (κ3) is 2.85. The van der Waals surface area contributed by atoms with Crippen molar-refractivity contribution in [2.75, 3.05) is 31.3 Å². The van der Waals surface area contributed by atoms with E-state index in [0.717, 1.165) is 44.6 Å². The van der Waals surface area contributed by atoms with E-state index in [9.17, 15) is 4.79 Å². The number of thioether (sulfide) groups is 1. The highest BCUT2D eigenvalue weighted by molar-refractivity contribution is 7.99. The zero-order chi connectivity index (χ0) is 14.0. The van der Waals surface area contributed by atoms with Gasteiger partial charge in [-0.1, -0.05) is 0 Å². The van der Waals surface area contributed by atoms with Crippen LogP contribution in [0.3, 0.4) is 0 Å². The summed E-state index contributed by atoms with van der Waals surface area (Å²) in [6.45, 7) is 4.25. The van der Waals surface area contributed by atoms with Crippen molar-refractivity contribution in [3.05, 3.63) is 0 Å². The maximum Gasteiger partial charge on any atom is 0.323 e. The molecule has 0 radical (unpaired) electrons. The minimum atomic E-state index is -0.0219. The Morgan fingerprint density at radius 3 is 3.15 bits per heavy atom. The van der Waals surface area contributed by atoms with Crippen molar-refractivity contribution >= 4 is 17.7 Å². The van der Waals surface area contributed by atoms with E-state index in [1.165, 1.54) is 12.2 Å². The smallest absolute Gasteiger partial charge is 0.323 e. The molecule has 0 aliphatic carbocycles. The molecule has 0 aromatic rings. The van der Waals surface area contributed by atoms with Crippen LogP contribution >= 0.6 is 11.8 Å². The fourth-order valence-corrected chi connectivity index (χ4v) is 5.24.